The van der Waals surface area contributed by atoms with Crippen molar-refractivity contribution in [3.05, 3.63) is 68.2 Å². The van der Waals surface area contributed by atoms with E-state index >= 15 is 0 Å². The molecule has 2 aromatic carbocycles. The van der Waals surface area contributed by atoms with Crippen molar-refractivity contribution in [2.45, 2.75) is 6.54 Å². The van der Waals surface area contributed by atoms with Crippen LogP contribution in [0.5, 0.6) is 5.75 Å². The summed E-state index contributed by atoms with van der Waals surface area (Å²) in [6.07, 6.45) is 1.18. The zero-order valence-electron chi connectivity index (χ0n) is 14.0. The normalized spacial score (nSPS) is 10.6. The van der Waals surface area contributed by atoms with Crippen molar-refractivity contribution in [1.82, 2.24) is 9.55 Å². The average Bonchev–Trinajstić information content (AvgIpc) is 2.64. The average molecular weight is 389 g/mol. The summed E-state index contributed by atoms with van der Waals surface area (Å²) in [5, 5.41) is 13.9. The summed E-state index contributed by atoms with van der Waals surface area (Å²) in [4.78, 5) is 38.9. The van der Waals surface area contributed by atoms with Gasteiger partial charge in [-0.1, -0.05) is 11.6 Å². The highest BCUT2D eigenvalue weighted by atomic mass is 35.5. The van der Waals surface area contributed by atoms with E-state index in [1.54, 1.807) is 12.1 Å². The second-order valence-electron chi connectivity index (χ2n) is 5.53. The maximum atomic E-state index is 12.5. The minimum Gasteiger partial charge on any atom is -0.495 e. The van der Waals surface area contributed by atoms with Crippen LogP contribution in [0.3, 0.4) is 0 Å². The van der Waals surface area contributed by atoms with Gasteiger partial charge >= 0.3 is 0 Å². The number of carbonyl (C=O) groups is 1. The molecule has 0 saturated heterocycles. The Kier molecular flexibility index (Phi) is 5.04. The maximum absolute atomic E-state index is 12.5. The molecule has 1 amide bonds. The molecule has 0 aliphatic heterocycles. The highest BCUT2D eigenvalue weighted by Crippen LogP contribution is 2.27. The second-order valence-corrected chi connectivity index (χ2v) is 5.94. The number of carbonyl (C=O) groups excluding carboxylic acids is 1. The lowest BCUT2D eigenvalue weighted by atomic mass is 10.2. The number of amides is 1. The highest BCUT2D eigenvalue weighted by molar-refractivity contribution is 6.32. The largest absolute Gasteiger partial charge is 0.495 e. The Bertz CT molecular complexity index is 1110. The first-order valence-electron chi connectivity index (χ1n) is 7.66. The second kappa shape index (κ2) is 7.42. The van der Waals surface area contributed by atoms with Crippen LogP contribution >= 0.6 is 11.6 Å². The molecule has 10 heteroatoms. The van der Waals surface area contributed by atoms with E-state index in [0.717, 1.165) is 4.57 Å². The van der Waals surface area contributed by atoms with Gasteiger partial charge in [0.05, 0.1) is 34.3 Å². The number of nitrogens with zero attached hydrogens (tertiary/aromatic N) is 3. The third-order valence-electron chi connectivity index (χ3n) is 3.77. The summed E-state index contributed by atoms with van der Waals surface area (Å²) in [6, 6.07) is 8.49. The van der Waals surface area contributed by atoms with Crippen LogP contribution in [0.25, 0.3) is 10.9 Å². The third kappa shape index (κ3) is 3.87. The molecule has 0 saturated carbocycles. The van der Waals surface area contributed by atoms with Gasteiger partial charge in [-0.05, 0) is 24.3 Å². The van der Waals surface area contributed by atoms with Crippen molar-refractivity contribution in [3.63, 3.8) is 0 Å². The van der Waals surface area contributed by atoms with Crippen molar-refractivity contribution >= 4 is 39.8 Å². The topological polar surface area (TPSA) is 116 Å². The SMILES string of the molecule is COc1ccc(NC(=O)Cn2cnc3cc([N+](=O)[O-])ccc3c2=O)cc1Cl. The van der Waals surface area contributed by atoms with Gasteiger partial charge in [-0.3, -0.25) is 24.3 Å². The van der Waals surface area contributed by atoms with Gasteiger partial charge in [-0.2, -0.15) is 0 Å². The van der Waals surface area contributed by atoms with Crippen molar-refractivity contribution in [2.75, 3.05) is 12.4 Å². The smallest absolute Gasteiger partial charge is 0.271 e. The summed E-state index contributed by atoms with van der Waals surface area (Å²) in [5.41, 5.74) is -0.00453. The van der Waals surface area contributed by atoms with Crippen LogP contribution in [0.15, 0.2) is 47.5 Å². The number of nitro benzene ring substituents is 1. The molecule has 27 heavy (non-hydrogen) atoms. The first-order chi connectivity index (χ1) is 12.9. The van der Waals surface area contributed by atoms with E-state index in [0.29, 0.717) is 16.5 Å². The minimum absolute atomic E-state index is 0.165. The molecular formula is C17H13ClN4O5. The molecule has 0 unspecified atom stereocenters. The number of non-ortho nitro benzene ring substituents is 1. The van der Waals surface area contributed by atoms with Gasteiger partial charge < -0.3 is 10.1 Å². The van der Waals surface area contributed by atoms with Gasteiger partial charge in [0.15, 0.2) is 0 Å². The third-order valence-corrected chi connectivity index (χ3v) is 4.06. The molecule has 3 rings (SSSR count). The fourth-order valence-corrected chi connectivity index (χ4v) is 2.73. The number of methoxy groups -OCH3 is 1. The molecule has 0 aliphatic carbocycles. The van der Waals surface area contributed by atoms with Crippen molar-refractivity contribution in [2.24, 2.45) is 0 Å². The van der Waals surface area contributed by atoms with E-state index < -0.39 is 16.4 Å². The molecule has 0 atom stereocenters. The molecular weight excluding hydrogens is 376 g/mol. The molecule has 3 aromatic rings. The van der Waals surface area contributed by atoms with Gasteiger partial charge in [0.1, 0.15) is 12.3 Å². The summed E-state index contributed by atoms with van der Waals surface area (Å²) in [5.74, 6) is 0.0140. The summed E-state index contributed by atoms with van der Waals surface area (Å²) in [6.45, 7) is -0.275. The number of nitrogens with one attached hydrogen (secondary N) is 1. The van der Waals surface area contributed by atoms with Gasteiger partial charge in [-0.15, -0.1) is 0 Å². The highest BCUT2D eigenvalue weighted by Gasteiger charge is 2.12. The lowest BCUT2D eigenvalue weighted by Crippen LogP contribution is -2.27. The van der Waals surface area contributed by atoms with E-state index in [1.165, 1.54) is 37.7 Å². The van der Waals surface area contributed by atoms with Gasteiger partial charge in [0, 0.05) is 17.8 Å². The number of benzene rings is 2. The number of anilines is 1. The van der Waals surface area contributed by atoms with Crippen LogP contribution in [-0.4, -0.2) is 27.5 Å². The van der Waals surface area contributed by atoms with Crippen molar-refractivity contribution in [1.29, 1.82) is 0 Å². The van der Waals surface area contributed by atoms with E-state index in [1.807, 2.05) is 0 Å². The Hall–Kier alpha value is -3.46. The number of hydrogen-bond acceptors (Lipinski definition) is 6. The zero-order chi connectivity index (χ0) is 19.6. The van der Waals surface area contributed by atoms with Crippen LogP contribution in [0.4, 0.5) is 11.4 Å². The first kappa shape index (κ1) is 18.3. The summed E-state index contributed by atoms with van der Waals surface area (Å²) in [7, 11) is 1.48. The monoisotopic (exact) mass is 388 g/mol. The van der Waals surface area contributed by atoms with E-state index in [2.05, 4.69) is 10.3 Å². The Morgan fingerprint density at radius 2 is 2.11 bits per heavy atom. The summed E-state index contributed by atoms with van der Waals surface area (Å²) < 4.78 is 6.16. The zero-order valence-corrected chi connectivity index (χ0v) is 14.8. The lowest BCUT2D eigenvalue weighted by Gasteiger charge is -2.09. The van der Waals surface area contributed by atoms with Gasteiger partial charge in [-0.25, -0.2) is 4.98 Å². The van der Waals surface area contributed by atoms with Crippen molar-refractivity contribution < 1.29 is 14.5 Å². The number of aromatic nitrogens is 2. The number of hydrogen-bond donors (Lipinski definition) is 1. The standard InChI is InChI=1S/C17H13ClN4O5/c1-27-15-5-2-10(6-13(15)18)20-16(23)8-21-9-19-14-7-11(22(25)26)3-4-12(14)17(21)24/h2-7,9H,8H2,1H3,(H,20,23). The van der Waals surface area contributed by atoms with Crippen molar-refractivity contribution in [3.8, 4) is 5.75 Å². The van der Waals surface area contributed by atoms with E-state index in [9.17, 15) is 19.7 Å². The van der Waals surface area contributed by atoms with E-state index in [4.69, 9.17) is 16.3 Å². The molecule has 1 heterocycles. The Labute approximate surface area is 157 Å². The molecule has 138 valence electrons. The molecule has 1 N–H and O–H groups in total. The van der Waals surface area contributed by atoms with Crippen LogP contribution in [-0.2, 0) is 11.3 Å². The fraction of sp³-hybridized carbons (Fsp3) is 0.118. The van der Waals surface area contributed by atoms with Crippen LogP contribution in [0, 0.1) is 10.1 Å². The number of fused-ring (bicyclic) bond motifs is 1. The van der Waals surface area contributed by atoms with Crippen LogP contribution in [0.2, 0.25) is 5.02 Å². The molecule has 0 spiro atoms. The molecule has 0 fully saturated rings. The molecule has 9 nitrogen and oxygen atoms in total. The molecule has 0 aliphatic rings. The lowest BCUT2D eigenvalue weighted by molar-refractivity contribution is -0.384. The Balaban J connectivity index is 1.81. The predicted octanol–water partition coefficient (Wildman–Crippen LogP) is 2.61. The molecule has 0 bridgehead atoms. The first-order valence-corrected chi connectivity index (χ1v) is 8.04. The van der Waals surface area contributed by atoms with Gasteiger partial charge in [0.25, 0.3) is 11.2 Å². The Morgan fingerprint density at radius 3 is 2.78 bits per heavy atom. The molecule has 1 aromatic heterocycles. The fourth-order valence-electron chi connectivity index (χ4n) is 2.47. The van der Waals surface area contributed by atoms with Crippen LogP contribution in [0.1, 0.15) is 0 Å². The Morgan fingerprint density at radius 1 is 1.33 bits per heavy atom. The summed E-state index contributed by atoms with van der Waals surface area (Å²) >= 11 is 6.01. The minimum atomic E-state index is -0.569. The predicted molar refractivity (Wildman–Crippen MR) is 99.3 cm³/mol. The van der Waals surface area contributed by atoms with E-state index in [-0.39, 0.29) is 23.1 Å². The number of nitro groups is 1. The number of halogens is 1. The van der Waals surface area contributed by atoms with Crippen LogP contribution < -0.4 is 15.6 Å². The quantitative estimate of drug-likeness (QED) is 0.530. The molecule has 0 radical (unpaired) electrons. The number of ether oxygens (including phenoxy) is 1. The number of rotatable bonds is 5. The van der Waals surface area contributed by atoms with Gasteiger partial charge in [0.2, 0.25) is 5.91 Å². The maximum Gasteiger partial charge on any atom is 0.271 e.